The second kappa shape index (κ2) is 6.46. The van der Waals surface area contributed by atoms with Gasteiger partial charge in [-0.1, -0.05) is 18.2 Å². The molecule has 3 nitrogen and oxygen atoms in total. The van der Waals surface area contributed by atoms with Gasteiger partial charge in [0.15, 0.2) is 0 Å². The summed E-state index contributed by atoms with van der Waals surface area (Å²) in [5.41, 5.74) is 1.34. The molecule has 2 atom stereocenters. The van der Waals surface area contributed by atoms with Crippen LogP contribution in [0.1, 0.15) is 24.4 Å². The van der Waals surface area contributed by atoms with Crippen molar-refractivity contribution in [3.8, 4) is 5.75 Å². The van der Waals surface area contributed by atoms with E-state index in [0.29, 0.717) is 12.0 Å². The zero-order chi connectivity index (χ0) is 14.7. The first kappa shape index (κ1) is 14.4. The minimum absolute atomic E-state index is 0.358. The minimum atomic E-state index is 0.358. The largest absolute Gasteiger partial charge is 0.497 e. The van der Waals surface area contributed by atoms with Gasteiger partial charge in [0.25, 0.3) is 0 Å². The summed E-state index contributed by atoms with van der Waals surface area (Å²) in [7, 11) is 3.74. The first-order valence-corrected chi connectivity index (χ1v) is 7.64. The minimum Gasteiger partial charge on any atom is -0.497 e. The van der Waals surface area contributed by atoms with Crippen LogP contribution in [-0.4, -0.2) is 27.4 Å². The summed E-state index contributed by atoms with van der Waals surface area (Å²) in [4.78, 5) is 0. The van der Waals surface area contributed by atoms with Gasteiger partial charge in [0.05, 0.1) is 13.7 Å². The van der Waals surface area contributed by atoms with Crippen molar-refractivity contribution in [2.75, 3.05) is 27.4 Å². The lowest BCUT2D eigenvalue weighted by atomic mass is 9.88. The molecule has 1 N–H and O–H groups in total. The van der Waals surface area contributed by atoms with Crippen molar-refractivity contribution in [2.24, 2.45) is 5.92 Å². The highest BCUT2D eigenvalue weighted by Crippen LogP contribution is 2.31. The molecule has 3 heteroatoms. The Kier molecular flexibility index (Phi) is 4.42. The first-order chi connectivity index (χ1) is 10.3. The van der Waals surface area contributed by atoms with Crippen LogP contribution in [0.2, 0.25) is 0 Å². The summed E-state index contributed by atoms with van der Waals surface area (Å²) in [6.07, 6.45) is 2.39. The molecule has 3 rings (SSSR count). The number of nitrogens with one attached hydrogen (secondary N) is 1. The quantitative estimate of drug-likeness (QED) is 0.932. The molecule has 2 unspecified atom stereocenters. The Balaban J connectivity index is 1.91. The van der Waals surface area contributed by atoms with Crippen LogP contribution >= 0.6 is 0 Å². The molecule has 0 radical (unpaired) electrons. The average Bonchev–Trinajstić information content (AvgIpc) is 2.56. The van der Waals surface area contributed by atoms with Crippen molar-refractivity contribution < 1.29 is 9.47 Å². The van der Waals surface area contributed by atoms with E-state index < -0.39 is 0 Å². The third kappa shape index (κ3) is 3.04. The van der Waals surface area contributed by atoms with E-state index in [0.717, 1.165) is 25.4 Å². The fourth-order valence-corrected chi connectivity index (χ4v) is 3.27. The molecular weight excluding hydrogens is 262 g/mol. The fourth-order valence-electron chi connectivity index (χ4n) is 3.27. The van der Waals surface area contributed by atoms with Gasteiger partial charge in [0, 0.05) is 18.6 Å². The van der Waals surface area contributed by atoms with Gasteiger partial charge in [0.1, 0.15) is 5.75 Å². The monoisotopic (exact) mass is 285 g/mol. The SMILES string of the molecule is CNC(c1ccc2cc(OC)ccc2c1)C1CCCOC1. The molecule has 1 aliphatic heterocycles. The molecule has 112 valence electrons. The highest BCUT2D eigenvalue weighted by Gasteiger charge is 2.24. The van der Waals surface area contributed by atoms with E-state index in [1.54, 1.807) is 7.11 Å². The summed E-state index contributed by atoms with van der Waals surface area (Å²) in [6, 6.07) is 13.3. The predicted molar refractivity (Wildman–Crippen MR) is 85.8 cm³/mol. The molecule has 1 heterocycles. The zero-order valence-corrected chi connectivity index (χ0v) is 12.8. The lowest BCUT2D eigenvalue weighted by Crippen LogP contribution is -2.31. The lowest BCUT2D eigenvalue weighted by Gasteiger charge is -2.30. The first-order valence-electron chi connectivity index (χ1n) is 7.64. The highest BCUT2D eigenvalue weighted by atomic mass is 16.5. The Bertz CT molecular complexity index is 605. The van der Waals surface area contributed by atoms with E-state index in [4.69, 9.17) is 9.47 Å². The van der Waals surface area contributed by atoms with Gasteiger partial charge in [-0.2, -0.15) is 0 Å². The van der Waals surface area contributed by atoms with Gasteiger partial charge in [0.2, 0.25) is 0 Å². The Morgan fingerprint density at radius 3 is 2.71 bits per heavy atom. The van der Waals surface area contributed by atoms with Gasteiger partial charge >= 0.3 is 0 Å². The number of fused-ring (bicyclic) bond motifs is 1. The molecular formula is C18H23NO2. The van der Waals surface area contributed by atoms with Crippen molar-refractivity contribution in [1.82, 2.24) is 5.32 Å². The molecule has 1 aliphatic rings. The average molecular weight is 285 g/mol. The van der Waals surface area contributed by atoms with Crippen molar-refractivity contribution in [3.63, 3.8) is 0 Å². The van der Waals surface area contributed by atoms with Gasteiger partial charge < -0.3 is 14.8 Å². The molecule has 21 heavy (non-hydrogen) atoms. The Hall–Kier alpha value is -1.58. The standard InChI is InChI=1S/C18H23NO2/c1-19-18(16-4-3-9-21-12-16)15-6-5-14-11-17(20-2)8-7-13(14)10-15/h5-8,10-11,16,18-19H,3-4,9,12H2,1-2H3. The second-order valence-corrected chi connectivity index (χ2v) is 5.72. The highest BCUT2D eigenvalue weighted by molar-refractivity contribution is 5.84. The lowest BCUT2D eigenvalue weighted by molar-refractivity contribution is 0.0402. The van der Waals surface area contributed by atoms with Crippen LogP contribution in [-0.2, 0) is 4.74 Å². The van der Waals surface area contributed by atoms with Crippen molar-refractivity contribution in [2.45, 2.75) is 18.9 Å². The van der Waals surface area contributed by atoms with Crippen LogP contribution in [0.4, 0.5) is 0 Å². The zero-order valence-electron chi connectivity index (χ0n) is 12.8. The smallest absolute Gasteiger partial charge is 0.119 e. The fraction of sp³-hybridized carbons (Fsp3) is 0.444. The third-order valence-corrected chi connectivity index (χ3v) is 4.41. The molecule has 0 saturated carbocycles. The van der Waals surface area contributed by atoms with Gasteiger partial charge in [-0.15, -0.1) is 0 Å². The van der Waals surface area contributed by atoms with Crippen molar-refractivity contribution in [1.29, 1.82) is 0 Å². The number of benzene rings is 2. The molecule has 1 fully saturated rings. The topological polar surface area (TPSA) is 30.5 Å². The molecule has 1 saturated heterocycles. The van der Waals surface area contributed by atoms with Crippen LogP contribution in [0.15, 0.2) is 36.4 Å². The van der Waals surface area contributed by atoms with Crippen LogP contribution in [0.3, 0.4) is 0 Å². The maximum Gasteiger partial charge on any atom is 0.119 e. The van der Waals surface area contributed by atoms with E-state index in [-0.39, 0.29) is 0 Å². The summed E-state index contributed by atoms with van der Waals surface area (Å²) in [5.74, 6) is 1.46. The number of hydrogen-bond acceptors (Lipinski definition) is 3. The summed E-state index contributed by atoms with van der Waals surface area (Å²) in [5, 5.41) is 5.94. The summed E-state index contributed by atoms with van der Waals surface area (Å²) < 4.78 is 10.9. The third-order valence-electron chi connectivity index (χ3n) is 4.41. The second-order valence-electron chi connectivity index (χ2n) is 5.72. The van der Waals surface area contributed by atoms with E-state index in [1.165, 1.54) is 22.8 Å². The number of hydrogen-bond donors (Lipinski definition) is 1. The molecule has 2 aromatic carbocycles. The molecule has 0 bridgehead atoms. The van der Waals surface area contributed by atoms with E-state index in [9.17, 15) is 0 Å². The van der Waals surface area contributed by atoms with Gasteiger partial charge in [-0.25, -0.2) is 0 Å². The number of methoxy groups -OCH3 is 1. The van der Waals surface area contributed by atoms with Crippen molar-refractivity contribution >= 4 is 10.8 Å². The van der Waals surface area contributed by atoms with Crippen LogP contribution in [0, 0.1) is 5.92 Å². The molecule has 0 spiro atoms. The van der Waals surface area contributed by atoms with Crippen LogP contribution in [0.5, 0.6) is 5.75 Å². The number of ether oxygens (including phenoxy) is 2. The van der Waals surface area contributed by atoms with E-state index in [1.807, 2.05) is 13.1 Å². The van der Waals surface area contributed by atoms with Gasteiger partial charge in [-0.05, 0) is 54.4 Å². The molecule has 0 amide bonds. The maximum absolute atomic E-state index is 5.65. The molecule has 0 aromatic heterocycles. The van der Waals surface area contributed by atoms with Crippen molar-refractivity contribution in [3.05, 3.63) is 42.0 Å². The van der Waals surface area contributed by atoms with E-state index >= 15 is 0 Å². The van der Waals surface area contributed by atoms with Crippen LogP contribution < -0.4 is 10.1 Å². The van der Waals surface area contributed by atoms with Gasteiger partial charge in [-0.3, -0.25) is 0 Å². The predicted octanol–water partition coefficient (Wildman–Crippen LogP) is 3.54. The Labute approximate surface area is 126 Å². The molecule has 0 aliphatic carbocycles. The Morgan fingerprint density at radius 2 is 2.00 bits per heavy atom. The Morgan fingerprint density at radius 1 is 1.19 bits per heavy atom. The summed E-state index contributed by atoms with van der Waals surface area (Å²) in [6.45, 7) is 1.76. The van der Waals surface area contributed by atoms with E-state index in [2.05, 4.69) is 35.6 Å². The number of rotatable bonds is 4. The maximum atomic E-state index is 5.65. The molecule has 2 aromatic rings. The van der Waals surface area contributed by atoms with Crippen LogP contribution in [0.25, 0.3) is 10.8 Å². The summed E-state index contributed by atoms with van der Waals surface area (Å²) >= 11 is 0. The normalized spacial score (nSPS) is 20.4.